The van der Waals surface area contributed by atoms with Crippen LogP contribution in [-0.4, -0.2) is 43.1 Å². The summed E-state index contributed by atoms with van der Waals surface area (Å²) in [5.74, 6) is 1.05. The average molecular weight is 352 g/mol. The van der Waals surface area contributed by atoms with E-state index in [1.165, 1.54) is 0 Å². The number of ether oxygens (including phenoxy) is 2. The van der Waals surface area contributed by atoms with Crippen molar-refractivity contribution in [3.8, 4) is 11.5 Å². The summed E-state index contributed by atoms with van der Waals surface area (Å²) >= 11 is 0. The number of aromatic nitrogens is 1. The van der Waals surface area contributed by atoms with E-state index in [9.17, 15) is 4.79 Å². The molecule has 1 N–H and O–H groups in total. The number of benzene rings is 2. The summed E-state index contributed by atoms with van der Waals surface area (Å²) < 4.78 is 11.2. The number of fused-ring (bicyclic) bond motifs is 1. The van der Waals surface area contributed by atoms with Crippen molar-refractivity contribution >= 4 is 16.9 Å². The zero-order valence-corrected chi connectivity index (χ0v) is 15.2. The van der Waals surface area contributed by atoms with E-state index in [4.69, 9.17) is 9.47 Å². The number of nitrogens with zero attached hydrogens (tertiary/aromatic N) is 1. The van der Waals surface area contributed by atoms with Crippen LogP contribution < -0.4 is 9.47 Å². The van der Waals surface area contributed by atoms with Crippen molar-refractivity contribution in [3.63, 3.8) is 0 Å². The van der Waals surface area contributed by atoms with E-state index in [0.717, 1.165) is 35.2 Å². The molecule has 0 radical (unpaired) electrons. The molecule has 3 aromatic rings. The molecule has 26 heavy (non-hydrogen) atoms. The Kier molecular flexibility index (Phi) is 5.92. The Balaban J connectivity index is 1.64. The highest BCUT2D eigenvalue weighted by molar-refractivity contribution is 5.91. The van der Waals surface area contributed by atoms with E-state index >= 15 is 0 Å². The van der Waals surface area contributed by atoms with Gasteiger partial charge in [0.15, 0.2) is 0 Å². The maximum absolute atomic E-state index is 12.2. The van der Waals surface area contributed by atoms with Crippen LogP contribution in [0.15, 0.2) is 54.7 Å². The standard InChI is InChI=1S/C21H24N2O3/c1-23(2)13-11-16-15-22-18-9-6-10-19(21(16)18)26-20(24)12-14-25-17-7-4-3-5-8-17/h3-10,15,22H,11-14H2,1-2H3. The van der Waals surface area contributed by atoms with Gasteiger partial charge in [0, 0.05) is 23.6 Å². The molecule has 0 bridgehead atoms. The van der Waals surface area contributed by atoms with E-state index in [0.29, 0.717) is 12.4 Å². The normalized spacial score (nSPS) is 11.0. The van der Waals surface area contributed by atoms with Crippen LogP contribution in [0.4, 0.5) is 0 Å². The third kappa shape index (κ3) is 4.64. The summed E-state index contributed by atoms with van der Waals surface area (Å²) in [4.78, 5) is 17.6. The zero-order chi connectivity index (χ0) is 18.4. The molecule has 0 aliphatic heterocycles. The fourth-order valence-electron chi connectivity index (χ4n) is 2.79. The number of hydrogen-bond acceptors (Lipinski definition) is 4. The monoisotopic (exact) mass is 352 g/mol. The Morgan fingerprint density at radius 3 is 2.65 bits per heavy atom. The third-order valence-electron chi connectivity index (χ3n) is 4.12. The zero-order valence-electron chi connectivity index (χ0n) is 15.2. The first-order chi connectivity index (χ1) is 12.6. The Bertz CT molecular complexity index is 856. The van der Waals surface area contributed by atoms with Gasteiger partial charge >= 0.3 is 5.97 Å². The lowest BCUT2D eigenvalue weighted by Gasteiger charge is -2.11. The molecule has 1 heterocycles. The summed E-state index contributed by atoms with van der Waals surface area (Å²) in [5.41, 5.74) is 2.13. The number of aromatic amines is 1. The number of likely N-dealkylation sites (N-methyl/N-ethyl adjacent to an activating group) is 1. The van der Waals surface area contributed by atoms with Gasteiger partial charge in [0.1, 0.15) is 11.5 Å². The van der Waals surface area contributed by atoms with Crippen LogP contribution in [0.3, 0.4) is 0 Å². The van der Waals surface area contributed by atoms with Crippen molar-refractivity contribution in [3.05, 3.63) is 60.3 Å². The number of carbonyl (C=O) groups is 1. The van der Waals surface area contributed by atoms with Crippen molar-refractivity contribution in [2.75, 3.05) is 27.2 Å². The quantitative estimate of drug-likeness (QED) is 0.497. The van der Waals surface area contributed by atoms with Crippen molar-refractivity contribution in [1.29, 1.82) is 0 Å². The molecule has 0 atom stereocenters. The minimum absolute atomic E-state index is 0.197. The largest absolute Gasteiger partial charge is 0.493 e. The lowest BCUT2D eigenvalue weighted by atomic mass is 10.1. The minimum atomic E-state index is -0.298. The van der Waals surface area contributed by atoms with Gasteiger partial charge in [-0.1, -0.05) is 24.3 Å². The molecule has 5 heteroatoms. The second-order valence-corrected chi connectivity index (χ2v) is 6.43. The van der Waals surface area contributed by atoms with Crippen LogP contribution >= 0.6 is 0 Å². The van der Waals surface area contributed by atoms with Gasteiger partial charge in [0.2, 0.25) is 0 Å². The van der Waals surface area contributed by atoms with Crippen LogP contribution in [0.1, 0.15) is 12.0 Å². The highest BCUT2D eigenvalue weighted by Crippen LogP contribution is 2.29. The highest BCUT2D eigenvalue weighted by Gasteiger charge is 2.13. The van der Waals surface area contributed by atoms with Crippen LogP contribution in [0, 0.1) is 0 Å². The summed E-state index contributed by atoms with van der Waals surface area (Å²) in [7, 11) is 4.09. The number of hydrogen-bond donors (Lipinski definition) is 1. The molecule has 0 fully saturated rings. The first-order valence-electron chi connectivity index (χ1n) is 8.75. The molecule has 0 aliphatic carbocycles. The predicted molar refractivity (Wildman–Crippen MR) is 103 cm³/mol. The third-order valence-corrected chi connectivity index (χ3v) is 4.12. The summed E-state index contributed by atoms with van der Waals surface area (Å²) in [6.45, 7) is 1.22. The molecule has 0 saturated heterocycles. The average Bonchev–Trinajstić information content (AvgIpc) is 3.05. The maximum atomic E-state index is 12.2. The second kappa shape index (κ2) is 8.54. The van der Waals surface area contributed by atoms with Gasteiger partial charge in [0.25, 0.3) is 0 Å². The summed E-state index contributed by atoms with van der Waals surface area (Å²) in [6, 6.07) is 15.2. The molecule has 0 unspecified atom stereocenters. The lowest BCUT2D eigenvalue weighted by Crippen LogP contribution is -2.15. The van der Waals surface area contributed by atoms with Gasteiger partial charge in [-0.25, -0.2) is 0 Å². The van der Waals surface area contributed by atoms with Crippen LogP contribution in [-0.2, 0) is 11.2 Å². The number of carbonyl (C=O) groups excluding carboxylic acids is 1. The van der Waals surface area contributed by atoms with E-state index in [-0.39, 0.29) is 12.4 Å². The predicted octanol–water partition coefficient (Wildman–Crippen LogP) is 3.65. The summed E-state index contributed by atoms with van der Waals surface area (Å²) in [5, 5.41) is 0.978. The van der Waals surface area contributed by atoms with Crippen molar-refractivity contribution < 1.29 is 14.3 Å². The van der Waals surface area contributed by atoms with E-state index in [1.54, 1.807) is 0 Å². The Morgan fingerprint density at radius 2 is 1.88 bits per heavy atom. The van der Waals surface area contributed by atoms with Crippen LogP contribution in [0.2, 0.25) is 0 Å². The molecule has 0 aliphatic rings. The fourth-order valence-corrected chi connectivity index (χ4v) is 2.79. The SMILES string of the molecule is CN(C)CCc1c[nH]c2cccc(OC(=O)CCOc3ccccc3)c12. The highest BCUT2D eigenvalue weighted by atomic mass is 16.5. The molecular weight excluding hydrogens is 328 g/mol. The molecule has 0 amide bonds. The van der Waals surface area contributed by atoms with Crippen molar-refractivity contribution in [1.82, 2.24) is 9.88 Å². The Morgan fingerprint density at radius 1 is 1.08 bits per heavy atom. The van der Waals surface area contributed by atoms with Gasteiger partial charge in [-0.15, -0.1) is 0 Å². The van der Waals surface area contributed by atoms with Crippen molar-refractivity contribution in [2.24, 2.45) is 0 Å². The Labute approximate surface area is 153 Å². The van der Waals surface area contributed by atoms with Crippen molar-refractivity contribution in [2.45, 2.75) is 12.8 Å². The number of rotatable bonds is 8. The van der Waals surface area contributed by atoms with Crippen LogP contribution in [0.25, 0.3) is 10.9 Å². The number of esters is 1. The smallest absolute Gasteiger partial charge is 0.314 e. The molecule has 3 rings (SSSR count). The molecule has 2 aromatic carbocycles. The number of nitrogens with one attached hydrogen (secondary N) is 1. The van der Waals surface area contributed by atoms with E-state index in [1.807, 2.05) is 68.8 Å². The lowest BCUT2D eigenvalue weighted by molar-refractivity contribution is -0.134. The van der Waals surface area contributed by atoms with E-state index in [2.05, 4.69) is 9.88 Å². The summed E-state index contributed by atoms with van der Waals surface area (Å²) in [6.07, 6.45) is 3.07. The van der Waals surface area contributed by atoms with E-state index < -0.39 is 0 Å². The van der Waals surface area contributed by atoms with Gasteiger partial charge in [-0.05, 0) is 50.3 Å². The molecule has 0 spiro atoms. The Hall–Kier alpha value is -2.79. The molecule has 0 saturated carbocycles. The first-order valence-corrected chi connectivity index (χ1v) is 8.75. The minimum Gasteiger partial charge on any atom is -0.493 e. The van der Waals surface area contributed by atoms with Crippen LogP contribution in [0.5, 0.6) is 11.5 Å². The molecule has 5 nitrogen and oxygen atoms in total. The maximum Gasteiger partial charge on any atom is 0.314 e. The molecule has 1 aromatic heterocycles. The number of para-hydroxylation sites is 1. The van der Waals surface area contributed by atoms with Gasteiger partial charge in [-0.3, -0.25) is 4.79 Å². The molecular formula is C21H24N2O3. The fraction of sp³-hybridized carbons (Fsp3) is 0.286. The topological polar surface area (TPSA) is 54.6 Å². The van der Waals surface area contributed by atoms with Gasteiger partial charge in [0.05, 0.1) is 13.0 Å². The molecule has 136 valence electrons. The second-order valence-electron chi connectivity index (χ2n) is 6.43. The number of H-pyrrole nitrogens is 1. The van der Waals surface area contributed by atoms with Gasteiger partial charge < -0.3 is 19.4 Å². The first kappa shape index (κ1) is 18.0. The van der Waals surface area contributed by atoms with Gasteiger partial charge in [-0.2, -0.15) is 0 Å².